The van der Waals surface area contributed by atoms with Crippen LogP contribution in [-0.4, -0.2) is 28.7 Å². The summed E-state index contributed by atoms with van der Waals surface area (Å²) in [4.78, 5) is 19.3. The third-order valence-electron chi connectivity index (χ3n) is 4.60. The van der Waals surface area contributed by atoms with Crippen LogP contribution < -0.4 is 16.2 Å². The van der Waals surface area contributed by atoms with Crippen molar-refractivity contribution in [3.05, 3.63) is 45.5 Å². The Balaban J connectivity index is 2.16. The number of rotatable bonds is 2. The molecule has 1 aromatic carbocycles. The van der Waals surface area contributed by atoms with Gasteiger partial charge in [-0.2, -0.15) is 5.26 Å². The van der Waals surface area contributed by atoms with Gasteiger partial charge in [-0.3, -0.25) is 9.36 Å². The first kappa shape index (κ1) is 17.7. The summed E-state index contributed by atoms with van der Waals surface area (Å²) in [7, 11) is 1.61. The van der Waals surface area contributed by atoms with E-state index in [0.717, 1.165) is 12.8 Å². The second kappa shape index (κ2) is 6.99. The van der Waals surface area contributed by atoms with E-state index in [9.17, 15) is 9.18 Å². The zero-order chi connectivity index (χ0) is 18.8. The Morgan fingerprint density at radius 1 is 1.38 bits per heavy atom. The number of halogens is 1. The van der Waals surface area contributed by atoms with Gasteiger partial charge in [-0.05, 0) is 25.0 Å². The maximum atomic E-state index is 14.0. The SMILES string of the molecule is C#Cc1c(-c2ccc(C#N)c(F)c2)nc(N2CCC(N)CC2)n(C)c1=O. The molecule has 0 saturated carbocycles. The minimum absolute atomic E-state index is 0.0640. The van der Waals surface area contributed by atoms with Crippen molar-refractivity contribution in [2.45, 2.75) is 18.9 Å². The van der Waals surface area contributed by atoms with Gasteiger partial charge in [0, 0.05) is 31.7 Å². The summed E-state index contributed by atoms with van der Waals surface area (Å²) >= 11 is 0. The molecule has 1 aromatic heterocycles. The Hall–Kier alpha value is -3.16. The Morgan fingerprint density at radius 2 is 2.08 bits per heavy atom. The van der Waals surface area contributed by atoms with Crippen LogP contribution in [-0.2, 0) is 7.05 Å². The first-order valence-electron chi connectivity index (χ1n) is 8.24. The summed E-state index contributed by atoms with van der Waals surface area (Å²) < 4.78 is 15.5. The fraction of sp³-hybridized carbons (Fsp3) is 0.316. The van der Waals surface area contributed by atoms with Gasteiger partial charge in [0.25, 0.3) is 5.56 Å². The maximum absolute atomic E-state index is 14.0. The van der Waals surface area contributed by atoms with E-state index >= 15 is 0 Å². The van der Waals surface area contributed by atoms with E-state index in [4.69, 9.17) is 17.4 Å². The molecule has 2 aromatic rings. The highest BCUT2D eigenvalue weighted by molar-refractivity contribution is 5.68. The first-order chi connectivity index (χ1) is 12.5. The van der Waals surface area contributed by atoms with Gasteiger partial charge in [0.2, 0.25) is 5.95 Å². The Bertz CT molecular complexity index is 991. The predicted octanol–water partition coefficient (Wildman–Crippen LogP) is 1.37. The Labute approximate surface area is 150 Å². The lowest BCUT2D eigenvalue weighted by molar-refractivity contribution is 0.490. The fourth-order valence-electron chi connectivity index (χ4n) is 3.07. The molecular formula is C19H18FN5O. The molecule has 1 aliphatic heterocycles. The van der Waals surface area contributed by atoms with Gasteiger partial charge in [-0.25, -0.2) is 9.37 Å². The molecule has 1 saturated heterocycles. The summed E-state index contributed by atoms with van der Waals surface area (Å²) in [6.45, 7) is 1.36. The number of piperidine rings is 1. The average Bonchev–Trinajstić information content (AvgIpc) is 2.64. The zero-order valence-corrected chi connectivity index (χ0v) is 14.4. The van der Waals surface area contributed by atoms with E-state index in [1.165, 1.54) is 16.7 Å². The number of terminal acetylenes is 1. The van der Waals surface area contributed by atoms with Crippen LogP contribution in [0.4, 0.5) is 10.3 Å². The van der Waals surface area contributed by atoms with Crippen LogP contribution >= 0.6 is 0 Å². The summed E-state index contributed by atoms with van der Waals surface area (Å²) in [6.07, 6.45) is 7.12. The number of nitrogens with zero attached hydrogens (tertiary/aromatic N) is 4. The van der Waals surface area contributed by atoms with Crippen LogP contribution in [0.5, 0.6) is 0 Å². The van der Waals surface area contributed by atoms with Crippen LogP contribution in [0.25, 0.3) is 11.3 Å². The average molecular weight is 351 g/mol. The monoisotopic (exact) mass is 351 g/mol. The lowest BCUT2D eigenvalue weighted by Crippen LogP contribution is -2.42. The molecule has 6 nitrogen and oxygen atoms in total. The lowest BCUT2D eigenvalue weighted by atomic mass is 10.0. The van der Waals surface area contributed by atoms with Crippen molar-refractivity contribution in [1.82, 2.24) is 9.55 Å². The van der Waals surface area contributed by atoms with Crippen molar-refractivity contribution in [3.8, 4) is 29.7 Å². The molecule has 3 rings (SSSR count). The molecular weight excluding hydrogens is 333 g/mol. The van der Waals surface area contributed by atoms with Gasteiger partial charge in [0.1, 0.15) is 17.4 Å². The van der Waals surface area contributed by atoms with Crippen molar-refractivity contribution in [2.24, 2.45) is 12.8 Å². The Kier molecular flexibility index (Phi) is 4.75. The molecule has 2 N–H and O–H groups in total. The van der Waals surface area contributed by atoms with Crippen LogP contribution in [0.3, 0.4) is 0 Å². The molecule has 1 aliphatic rings. The highest BCUT2D eigenvalue weighted by Crippen LogP contribution is 2.25. The van der Waals surface area contributed by atoms with E-state index in [1.54, 1.807) is 19.2 Å². The molecule has 0 bridgehead atoms. The van der Waals surface area contributed by atoms with Crippen LogP contribution in [0.15, 0.2) is 23.0 Å². The summed E-state index contributed by atoms with van der Waals surface area (Å²) in [5, 5.41) is 8.89. The molecule has 1 fully saturated rings. The number of aromatic nitrogens is 2. The maximum Gasteiger partial charge on any atom is 0.271 e. The van der Waals surface area contributed by atoms with Gasteiger partial charge in [0.15, 0.2) is 0 Å². The minimum Gasteiger partial charge on any atom is -0.342 e. The highest BCUT2D eigenvalue weighted by Gasteiger charge is 2.23. The van der Waals surface area contributed by atoms with E-state index in [-0.39, 0.29) is 28.4 Å². The molecule has 132 valence electrons. The van der Waals surface area contributed by atoms with E-state index in [2.05, 4.69) is 10.9 Å². The van der Waals surface area contributed by atoms with Gasteiger partial charge in [0.05, 0.1) is 11.3 Å². The quantitative estimate of drug-likeness (QED) is 0.826. The summed E-state index contributed by atoms with van der Waals surface area (Å²) in [5.74, 6) is 2.16. The van der Waals surface area contributed by atoms with Crippen LogP contribution in [0, 0.1) is 29.5 Å². The molecule has 0 spiro atoms. The highest BCUT2D eigenvalue weighted by atomic mass is 19.1. The Morgan fingerprint density at radius 3 is 2.65 bits per heavy atom. The number of benzene rings is 1. The third kappa shape index (κ3) is 3.05. The molecule has 0 atom stereocenters. The second-order valence-electron chi connectivity index (χ2n) is 6.27. The van der Waals surface area contributed by atoms with Gasteiger partial charge < -0.3 is 10.6 Å². The zero-order valence-electron chi connectivity index (χ0n) is 14.4. The number of hydrogen-bond acceptors (Lipinski definition) is 5. The summed E-state index contributed by atoms with van der Waals surface area (Å²) in [6, 6.07) is 5.98. The summed E-state index contributed by atoms with van der Waals surface area (Å²) in [5.41, 5.74) is 6.16. The van der Waals surface area contributed by atoms with Crippen molar-refractivity contribution < 1.29 is 4.39 Å². The van der Waals surface area contributed by atoms with Gasteiger partial charge >= 0.3 is 0 Å². The normalized spacial score (nSPS) is 14.7. The third-order valence-corrected chi connectivity index (χ3v) is 4.60. The second-order valence-corrected chi connectivity index (χ2v) is 6.27. The standard InChI is InChI=1S/C19H18FN5O/c1-3-15-17(12-4-5-13(11-21)16(20)10-12)23-19(24(2)18(15)26)25-8-6-14(22)7-9-25/h1,4-5,10,14H,6-9,22H2,2H3. The number of nitriles is 1. The largest absolute Gasteiger partial charge is 0.342 e. The molecule has 0 unspecified atom stereocenters. The van der Waals surface area contributed by atoms with Crippen molar-refractivity contribution in [3.63, 3.8) is 0 Å². The lowest BCUT2D eigenvalue weighted by Gasteiger charge is -2.32. The van der Waals surface area contributed by atoms with Gasteiger partial charge in [-0.1, -0.05) is 12.0 Å². The van der Waals surface area contributed by atoms with Crippen LogP contribution in [0.1, 0.15) is 24.0 Å². The topological polar surface area (TPSA) is 87.9 Å². The smallest absolute Gasteiger partial charge is 0.271 e. The number of nitrogens with two attached hydrogens (primary N) is 1. The van der Waals surface area contributed by atoms with Crippen molar-refractivity contribution in [2.75, 3.05) is 18.0 Å². The predicted molar refractivity (Wildman–Crippen MR) is 96.9 cm³/mol. The van der Waals surface area contributed by atoms with E-state index < -0.39 is 5.82 Å². The molecule has 0 radical (unpaired) electrons. The fourth-order valence-corrected chi connectivity index (χ4v) is 3.07. The van der Waals surface area contributed by atoms with Crippen molar-refractivity contribution in [1.29, 1.82) is 5.26 Å². The van der Waals surface area contributed by atoms with E-state index in [0.29, 0.717) is 24.6 Å². The number of anilines is 1. The minimum atomic E-state index is -0.680. The van der Waals surface area contributed by atoms with Gasteiger partial charge in [-0.15, -0.1) is 6.42 Å². The first-order valence-corrected chi connectivity index (χ1v) is 8.24. The molecule has 0 amide bonds. The molecule has 0 aliphatic carbocycles. The molecule has 7 heteroatoms. The molecule has 2 heterocycles. The van der Waals surface area contributed by atoms with Crippen molar-refractivity contribution >= 4 is 5.95 Å². The van der Waals surface area contributed by atoms with E-state index in [1.807, 2.05) is 4.90 Å². The molecule has 26 heavy (non-hydrogen) atoms. The number of hydrogen-bond donors (Lipinski definition) is 1. The van der Waals surface area contributed by atoms with Crippen LogP contribution in [0.2, 0.25) is 0 Å².